The number of nitrogens with zero attached hydrogens (tertiary/aromatic N) is 3. The van der Waals surface area contributed by atoms with Gasteiger partial charge in [-0.2, -0.15) is 5.10 Å². The normalized spacial score (nSPS) is 11.8. The Kier molecular flexibility index (Phi) is 4.66. The number of rotatable bonds is 4. The lowest BCUT2D eigenvalue weighted by atomic mass is 10.2. The van der Waals surface area contributed by atoms with Crippen molar-refractivity contribution in [2.24, 2.45) is 7.05 Å². The summed E-state index contributed by atoms with van der Waals surface area (Å²) in [4.78, 5) is 15.4. The third kappa shape index (κ3) is 3.67. The van der Waals surface area contributed by atoms with Gasteiger partial charge in [0.25, 0.3) is 5.91 Å². The molecule has 0 aliphatic rings. The summed E-state index contributed by atoms with van der Waals surface area (Å²) in [5.74, 6) is -0.580. The third-order valence-electron chi connectivity index (χ3n) is 3.86. The number of carbonyl (C=O) groups excluding carboxylic acids is 1. The van der Waals surface area contributed by atoms with Crippen molar-refractivity contribution in [2.75, 3.05) is 7.05 Å². The zero-order chi connectivity index (χ0) is 19.1. The summed E-state index contributed by atoms with van der Waals surface area (Å²) >= 11 is 1.30. The first-order valence-electron chi connectivity index (χ1n) is 7.68. The average Bonchev–Trinajstić information content (AvgIpc) is 3.09. The molecule has 0 aliphatic heterocycles. The molecule has 3 rings (SSSR count). The highest BCUT2D eigenvalue weighted by Crippen LogP contribution is 2.30. The highest BCUT2D eigenvalue weighted by Gasteiger charge is 2.32. The van der Waals surface area contributed by atoms with Gasteiger partial charge in [0.2, 0.25) is 0 Å². The fourth-order valence-electron chi connectivity index (χ4n) is 2.68. The minimum absolute atomic E-state index is 0.00341. The van der Waals surface area contributed by atoms with Crippen molar-refractivity contribution in [1.82, 2.24) is 14.7 Å². The number of benzene rings is 1. The molecular weight excluding hydrogens is 367 g/mol. The van der Waals surface area contributed by atoms with Crippen LogP contribution >= 0.6 is 11.3 Å². The molecule has 9 heteroatoms. The van der Waals surface area contributed by atoms with Gasteiger partial charge < -0.3 is 9.64 Å². The van der Waals surface area contributed by atoms with Crippen molar-refractivity contribution in [2.45, 2.75) is 19.8 Å². The Hall–Kier alpha value is -2.55. The number of carbonyl (C=O) groups is 1. The highest BCUT2D eigenvalue weighted by molar-refractivity contribution is 7.20. The second kappa shape index (κ2) is 6.64. The third-order valence-corrected chi connectivity index (χ3v) is 5.05. The molecule has 0 saturated carbocycles. The van der Waals surface area contributed by atoms with Crippen LogP contribution in [0.1, 0.15) is 20.9 Å². The second-order valence-corrected chi connectivity index (χ2v) is 6.89. The molecule has 3 aromatic rings. The molecule has 1 amide bonds. The topological polar surface area (TPSA) is 47.4 Å². The fraction of sp³-hybridized carbons (Fsp3) is 0.294. The van der Waals surface area contributed by atoms with Crippen molar-refractivity contribution < 1.29 is 22.7 Å². The Morgan fingerprint density at radius 2 is 2.04 bits per heavy atom. The first kappa shape index (κ1) is 18.2. The molecule has 2 aromatic heterocycles. The maximum Gasteiger partial charge on any atom is 0.573 e. The predicted octanol–water partition coefficient (Wildman–Crippen LogP) is 4.11. The summed E-state index contributed by atoms with van der Waals surface area (Å²) in [6.45, 7) is 1.86. The van der Waals surface area contributed by atoms with Gasteiger partial charge in [-0.1, -0.05) is 18.2 Å². The van der Waals surface area contributed by atoms with Gasteiger partial charge >= 0.3 is 6.36 Å². The summed E-state index contributed by atoms with van der Waals surface area (Å²) in [6.07, 6.45) is -4.78. The van der Waals surface area contributed by atoms with Crippen molar-refractivity contribution in [3.63, 3.8) is 0 Å². The van der Waals surface area contributed by atoms with Gasteiger partial charge in [-0.3, -0.25) is 9.48 Å². The number of hydrogen-bond acceptors (Lipinski definition) is 4. The first-order chi connectivity index (χ1) is 12.2. The first-order valence-corrected chi connectivity index (χ1v) is 8.49. The molecule has 5 nitrogen and oxygen atoms in total. The Bertz CT molecular complexity index is 927. The van der Waals surface area contributed by atoms with E-state index in [4.69, 9.17) is 0 Å². The van der Waals surface area contributed by atoms with Crippen molar-refractivity contribution in [1.29, 1.82) is 0 Å². The van der Waals surface area contributed by atoms with E-state index in [-0.39, 0.29) is 23.8 Å². The molecule has 0 unspecified atom stereocenters. The van der Waals surface area contributed by atoms with E-state index in [0.29, 0.717) is 4.88 Å². The van der Waals surface area contributed by atoms with Crippen LogP contribution in [-0.4, -0.2) is 34.0 Å². The molecule has 0 spiro atoms. The summed E-state index contributed by atoms with van der Waals surface area (Å²) < 4.78 is 43.3. The van der Waals surface area contributed by atoms with Crippen LogP contribution in [0.2, 0.25) is 0 Å². The van der Waals surface area contributed by atoms with Crippen LogP contribution in [0, 0.1) is 6.92 Å². The van der Waals surface area contributed by atoms with Gasteiger partial charge in [0.05, 0.1) is 10.6 Å². The Morgan fingerprint density at radius 3 is 2.69 bits per heavy atom. The lowest BCUT2D eigenvalue weighted by molar-refractivity contribution is -0.275. The molecule has 0 atom stereocenters. The molecule has 0 bridgehead atoms. The molecule has 0 radical (unpaired) electrons. The van der Waals surface area contributed by atoms with Gasteiger partial charge in [-0.15, -0.1) is 24.5 Å². The van der Waals surface area contributed by atoms with Crippen LogP contribution in [0.3, 0.4) is 0 Å². The van der Waals surface area contributed by atoms with Crippen LogP contribution < -0.4 is 4.74 Å². The van der Waals surface area contributed by atoms with Crippen LogP contribution in [0.5, 0.6) is 5.75 Å². The van der Waals surface area contributed by atoms with E-state index in [1.807, 2.05) is 6.92 Å². The van der Waals surface area contributed by atoms with E-state index in [0.717, 1.165) is 15.9 Å². The Morgan fingerprint density at radius 1 is 1.35 bits per heavy atom. The quantitative estimate of drug-likeness (QED) is 0.681. The smallest absolute Gasteiger partial charge is 0.405 e. The number of aromatic nitrogens is 2. The number of para-hydroxylation sites is 1. The average molecular weight is 383 g/mol. The molecule has 26 heavy (non-hydrogen) atoms. The number of amides is 1. The molecule has 0 fully saturated rings. The number of halogens is 3. The molecule has 138 valence electrons. The van der Waals surface area contributed by atoms with Crippen LogP contribution in [0.4, 0.5) is 13.2 Å². The van der Waals surface area contributed by atoms with Crippen LogP contribution in [0.15, 0.2) is 30.3 Å². The Balaban J connectivity index is 1.82. The lowest BCUT2D eigenvalue weighted by Crippen LogP contribution is -2.26. The van der Waals surface area contributed by atoms with Gasteiger partial charge in [-0.25, -0.2) is 0 Å². The second-order valence-electron chi connectivity index (χ2n) is 5.86. The summed E-state index contributed by atoms with van der Waals surface area (Å²) in [6, 6.07) is 7.55. The molecule has 0 saturated heterocycles. The molecular formula is C17H16F3N3O2S. The summed E-state index contributed by atoms with van der Waals surface area (Å²) in [7, 11) is 3.34. The maximum atomic E-state index is 12.7. The van der Waals surface area contributed by atoms with E-state index < -0.39 is 6.36 Å². The van der Waals surface area contributed by atoms with Crippen molar-refractivity contribution in [3.8, 4) is 5.75 Å². The van der Waals surface area contributed by atoms with E-state index in [1.54, 1.807) is 30.9 Å². The van der Waals surface area contributed by atoms with E-state index in [9.17, 15) is 18.0 Å². The number of hydrogen-bond donors (Lipinski definition) is 0. The maximum absolute atomic E-state index is 12.7. The SMILES string of the molecule is Cc1nn(C)c2sc(C(=O)N(C)Cc3ccccc3OC(F)(F)F)cc12. The highest BCUT2D eigenvalue weighted by atomic mass is 32.1. The minimum Gasteiger partial charge on any atom is -0.405 e. The fourth-order valence-corrected chi connectivity index (χ4v) is 3.80. The largest absolute Gasteiger partial charge is 0.573 e. The molecule has 0 N–H and O–H groups in total. The standard InChI is InChI=1S/C17H16F3N3O2S/c1-10-12-8-14(26-16(12)23(3)21-10)15(24)22(2)9-11-6-4-5-7-13(11)25-17(18,19)20/h4-8H,9H2,1-3H3. The molecule has 0 aliphatic carbocycles. The van der Waals surface area contributed by atoms with Gasteiger partial charge in [-0.05, 0) is 19.1 Å². The number of aryl methyl sites for hydroxylation is 2. The van der Waals surface area contributed by atoms with Crippen LogP contribution in [0.25, 0.3) is 10.2 Å². The summed E-state index contributed by atoms with van der Waals surface area (Å²) in [5, 5.41) is 5.19. The number of alkyl halides is 3. The van der Waals surface area contributed by atoms with E-state index in [2.05, 4.69) is 9.84 Å². The number of thiophene rings is 1. The monoisotopic (exact) mass is 383 g/mol. The predicted molar refractivity (Wildman–Crippen MR) is 92.3 cm³/mol. The van der Waals surface area contributed by atoms with Gasteiger partial charge in [0.15, 0.2) is 0 Å². The zero-order valence-corrected chi connectivity index (χ0v) is 15.1. The zero-order valence-electron chi connectivity index (χ0n) is 14.3. The number of ether oxygens (including phenoxy) is 1. The van der Waals surface area contributed by atoms with E-state index in [1.165, 1.54) is 34.4 Å². The van der Waals surface area contributed by atoms with Gasteiger partial charge in [0, 0.05) is 31.6 Å². The summed E-state index contributed by atoms with van der Waals surface area (Å²) in [5.41, 5.74) is 1.10. The van der Waals surface area contributed by atoms with Gasteiger partial charge in [0.1, 0.15) is 10.6 Å². The minimum atomic E-state index is -4.78. The molecule has 1 aromatic carbocycles. The lowest BCUT2D eigenvalue weighted by Gasteiger charge is -2.19. The number of fused-ring (bicyclic) bond motifs is 1. The molecule has 2 heterocycles. The Labute approximate surface area is 151 Å². The van der Waals surface area contributed by atoms with E-state index >= 15 is 0 Å². The van der Waals surface area contributed by atoms with Crippen LogP contribution in [-0.2, 0) is 13.6 Å². The van der Waals surface area contributed by atoms with Crippen molar-refractivity contribution in [3.05, 3.63) is 46.5 Å². The van der Waals surface area contributed by atoms with Crippen molar-refractivity contribution >= 4 is 27.5 Å².